The van der Waals surface area contributed by atoms with E-state index in [2.05, 4.69) is 47.3 Å². The van der Waals surface area contributed by atoms with Crippen LogP contribution in [0.2, 0.25) is 0 Å². The highest BCUT2D eigenvalue weighted by Gasteiger charge is 2.06. The summed E-state index contributed by atoms with van der Waals surface area (Å²) in [5, 5.41) is 5.41. The van der Waals surface area contributed by atoms with Crippen LogP contribution in [-0.4, -0.2) is 23.1 Å². The second-order valence-corrected chi connectivity index (χ2v) is 6.89. The lowest BCUT2D eigenvalue weighted by molar-refractivity contribution is 0.342. The molecule has 0 saturated carbocycles. The summed E-state index contributed by atoms with van der Waals surface area (Å²) in [7, 11) is 0. The summed E-state index contributed by atoms with van der Waals surface area (Å²) in [5.41, 5.74) is 4.93. The number of hydrogen-bond donors (Lipinski definition) is 1. The molecule has 5 heteroatoms. The van der Waals surface area contributed by atoms with Crippen molar-refractivity contribution in [1.82, 2.24) is 9.97 Å². The molecule has 3 rings (SSSR count). The monoisotopic (exact) mass is 353 g/mol. The van der Waals surface area contributed by atoms with E-state index in [-0.39, 0.29) is 0 Å². The standard InChI is InChI=1S/C20H23N3OS/c1-4-24-17-10-19(25-12-17)18-11-20(23-13-22-18)21-8-7-16-6-5-14(2)9-15(16)3/h5-6,9-13H,4,7-8H2,1-3H3,(H,21,22,23). The molecule has 0 atom stereocenters. The third-order valence-electron chi connectivity index (χ3n) is 4.00. The molecule has 130 valence electrons. The molecule has 0 fully saturated rings. The third kappa shape index (κ3) is 4.57. The first-order valence-electron chi connectivity index (χ1n) is 8.49. The fourth-order valence-corrected chi connectivity index (χ4v) is 3.53. The molecule has 0 unspecified atom stereocenters. The van der Waals surface area contributed by atoms with Crippen LogP contribution in [0.15, 0.2) is 42.0 Å². The maximum absolute atomic E-state index is 5.52. The Morgan fingerprint density at radius 1 is 1.12 bits per heavy atom. The van der Waals surface area contributed by atoms with E-state index in [1.807, 2.05) is 24.4 Å². The van der Waals surface area contributed by atoms with E-state index in [1.54, 1.807) is 17.7 Å². The molecular weight excluding hydrogens is 330 g/mol. The van der Waals surface area contributed by atoms with Crippen molar-refractivity contribution in [3.05, 3.63) is 58.7 Å². The molecule has 0 spiro atoms. The first-order chi connectivity index (χ1) is 12.2. The van der Waals surface area contributed by atoms with Crippen molar-refractivity contribution in [3.8, 4) is 16.3 Å². The fourth-order valence-electron chi connectivity index (χ4n) is 2.74. The van der Waals surface area contributed by atoms with Gasteiger partial charge in [0, 0.05) is 24.1 Å². The van der Waals surface area contributed by atoms with E-state index in [4.69, 9.17) is 4.74 Å². The van der Waals surface area contributed by atoms with E-state index in [9.17, 15) is 0 Å². The van der Waals surface area contributed by atoms with Crippen LogP contribution in [0.4, 0.5) is 5.82 Å². The molecule has 3 aromatic rings. The number of nitrogens with one attached hydrogen (secondary N) is 1. The van der Waals surface area contributed by atoms with Gasteiger partial charge in [-0.15, -0.1) is 11.3 Å². The van der Waals surface area contributed by atoms with Crippen LogP contribution in [0.5, 0.6) is 5.75 Å². The van der Waals surface area contributed by atoms with E-state index in [1.165, 1.54) is 16.7 Å². The minimum absolute atomic E-state index is 0.672. The summed E-state index contributed by atoms with van der Waals surface area (Å²) in [5.74, 6) is 1.74. The Balaban J connectivity index is 1.63. The zero-order chi connectivity index (χ0) is 17.6. The first-order valence-corrected chi connectivity index (χ1v) is 9.37. The van der Waals surface area contributed by atoms with Crippen molar-refractivity contribution in [3.63, 3.8) is 0 Å². The Hall–Kier alpha value is -2.40. The summed E-state index contributed by atoms with van der Waals surface area (Å²) in [4.78, 5) is 9.79. The zero-order valence-electron chi connectivity index (χ0n) is 14.9. The Morgan fingerprint density at radius 3 is 2.80 bits per heavy atom. The Labute approximate surface area is 152 Å². The van der Waals surface area contributed by atoms with Crippen LogP contribution in [0.25, 0.3) is 10.6 Å². The molecule has 0 aliphatic rings. The van der Waals surface area contributed by atoms with Gasteiger partial charge < -0.3 is 10.1 Å². The molecule has 1 N–H and O–H groups in total. The van der Waals surface area contributed by atoms with E-state index < -0.39 is 0 Å². The number of ether oxygens (including phenoxy) is 1. The molecule has 0 bridgehead atoms. The maximum atomic E-state index is 5.52. The van der Waals surface area contributed by atoms with Gasteiger partial charge in [0.15, 0.2) is 0 Å². The normalized spacial score (nSPS) is 10.7. The lowest BCUT2D eigenvalue weighted by Gasteiger charge is -2.09. The number of nitrogens with zero attached hydrogens (tertiary/aromatic N) is 2. The van der Waals surface area contributed by atoms with Gasteiger partial charge in [-0.2, -0.15) is 0 Å². The lowest BCUT2D eigenvalue weighted by Crippen LogP contribution is -2.07. The average molecular weight is 353 g/mol. The summed E-state index contributed by atoms with van der Waals surface area (Å²) < 4.78 is 5.52. The van der Waals surface area contributed by atoms with Gasteiger partial charge in [0.1, 0.15) is 17.9 Å². The Bertz CT molecular complexity index is 844. The molecule has 0 saturated heterocycles. The molecular formula is C20H23N3OS. The molecule has 0 radical (unpaired) electrons. The highest BCUT2D eigenvalue weighted by Crippen LogP contribution is 2.30. The minimum Gasteiger partial charge on any atom is -0.493 e. The number of benzene rings is 1. The highest BCUT2D eigenvalue weighted by atomic mass is 32.1. The number of aryl methyl sites for hydroxylation is 2. The van der Waals surface area contributed by atoms with Crippen LogP contribution in [-0.2, 0) is 6.42 Å². The van der Waals surface area contributed by atoms with Gasteiger partial charge in [0.2, 0.25) is 0 Å². The molecule has 1 aromatic carbocycles. The van der Waals surface area contributed by atoms with Crippen LogP contribution in [0.3, 0.4) is 0 Å². The van der Waals surface area contributed by atoms with Crippen molar-refractivity contribution in [2.75, 3.05) is 18.5 Å². The number of rotatable bonds is 7. The van der Waals surface area contributed by atoms with Crippen LogP contribution in [0.1, 0.15) is 23.6 Å². The second kappa shape index (κ2) is 8.12. The van der Waals surface area contributed by atoms with Crippen molar-refractivity contribution in [2.24, 2.45) is 0 Å². The van der Waals surface area contributed by atoms with Crippen LogP contribution >= 0.6 is 11.3 Å². The van der Waals surface area contributed by atoms with E-state index in [0.29, 0.717) is 6.61 Å². The van der Waals surface area contributed by atoms with Gasteiger partial charge in [-0.1, -0.05) is 23.8 Å². The van der Waals surface area contributed by atoms with Crippen molar-refractivity contribution >= 4 is 17.2 Å². The molecule has 2 heterocycles. The predicted molar refractivity (Wildman–Crippen MR) is 105 cm³/mol. The molecule has 0 aliphatic carbocycles. The van der Waals surface area contributed by atoms with Gasteiger partial charge in [-0.25, -0.2) is 9.97 Å². The highest BCUT2D eigenvalue weighted by molar-refractivity contribution is 7.13. The molecule has 0 aliphatic heterocycles. The second-order valence-electron chi connectivity index (χ2n) is 5.97. The number of aromatic nitrogens is 2. The van der Waals surface area contributed by atoms with E-state index >= 15 is 0 Å². The maximum Gasteiger partial charge on any atom is 0.130 e. The minimum atomic E-state index is 0.672. The molecule has 4 nitrogen and oxygen atoms in total. The lowest BCUT2D eigenvalue weighted by atomic mass is 10.0. The molecule has 25 heavy (non-hydrogen) atoms. The average Bonchev–Trinajstić information content (AvgIpc) is 3.06. The van der Waals surface area contributed by atoms with Crippen molar-refractivity contribution < 1.29 is 4.74 Å². The number of hydrogen-bond acceptors (Lipinski definition) is 5. The van der Waals surface area contributed by atoms with Crippen molar-refractivity contribution in [2.45, 2.75) is 27.2 Å². The van der Waals surface area contributed by atoms with Gasteiger partial charge in [-0.05, 0) is 38.3 Å². The smallest absolute Gasteiger partial charge is 0.130 e. The predicted octanol–water partition coefficient (Wildman–Crippen LogP) is 4.88. The summed E-state index contributed by atoms with van der Waals surface area (Å²) in [6.45, 7) is 7.79. The fraction of sp³-hybridized carbons (Fsp3) is 0.300. The van der Waals surface area contributed by atoms with Crippen LogP contribution < -0.4 is 10.1 Å². The largest absolute Gasteiger partial charge is 0.493 e. The first kappa shape index (κ1) is 17.4. The Morgan fingerprint density at radius 2 is 2.00 bits per heavy atom. The summed E-state index contributed by atoms with van der Waals surface area (Å²) in [6.07, 6.45) is 2.58. The summed E-state index contributed by atoms with van der Waals surface area (Å²) in [6, 6.07) is 10.6. The summed E-state index contributed by atoms with van der Waals surface area (Å²) >= 11 is 1.63. The Kier molecular flexibility index (Phi) is 5.66. The van der Waals surface area contributed by atoms with Gasteiger partial charge in [0.25, 0.3) is 0 Å². The van der Waals surface area contributed by atoms with Gasteiger partial charge in [0.05, 0.1) is 17.2 Å². The van der Waals surface area contributed by atoms with E-state index in [0.717, 1.165) is 35.1 Å². The van der Waals surface area contributed by atoms with Gasteiger partial charge in [-0.3, -0.25) is 0 Å². The molecule has 0 amide bonds. The third-order valence-corrected chi connectivity index (χ3v) is 4.94. The number of thiophene rings is 1. The topological polar surface area (TPSA) is 47.0 Å². The quantitative estimate of drug-likeness (QED) is 0.658. The zero-order valence-corrected chi connectivity index (χ0v) is 15.7. The number of anilines is 1. The van der Waals surface area contributed by atoms with Gasteiger partial charge >= 0.3 is 0 Å². The SMILES string of the molecule is CCOc1csc(-c2cc(NCCc3ccc(C)cc3C)ncn2)c1. The van der Waals surface area contributed by atoms with Crippen molar-refractivity contribution in [1.29, 1.82) is 0 Å². The van der Waals surface area contributed by atoms with Crippen LogP contribution in [0, 0.1) is 13.8 Å². The molecule has 2 aromatic heterocycles.